The minimum absolute atomic E-state index is 0.0280. The van der Waals surface area contributed by atoms with Crippen LogP contribution in [0.3, 0.4) is 0 Å². The third kappa shape index (κ3) is 43.9. The number of ether oxygens (including phenoxy) is 2. The molecule has 0 fully saturated rings. The van der Waals surface area contributed by atoms with E-state index in [1.807, 2.05) is 21.1 Å². The lowest BCUT2D eigenvalue weighted by atomic mass is 10.0. The van der Waals surface area contributed by atoms with Gasteiger partial charge in [0.2, 0.25) is 0 Å². The minimum Gasteiger partial charge on any atom is -0.756 e. The molecule has 0 aromatic heterocycles. The molecule has 0 heterocycles. The molecule has 0 rings (SSSR count). The van der Waals surface area contributed by atoms with Crippen molar-refractivity contribution in [2.24, 2.45) is 0 Å². The number of carbonyl (C=O) groups is 1. The molecule has 0 aliphatic rings. The maximum absolute atomic E-state index is 12.7. The maximum Gasteiger partial charge on any atom is 0.306 e. The highest BCUT2D eigenvalue weighted by Crippen LogP contribution is 2.38. The molecule has 0 radical (unpaired) electrons. The maximum atomic E-state index is 12.7. The van der Waals surface area contributed by atoms with Gasteiger partial charge in [0, 0.05) is 13.0 Å². The Morgan fingerprint density at radius 3 is 1.47 bits per heavy atom. The molecule has 0 spiro atoms. The first-order valence-corrected chi connectivity index (χ1v) is 24.5. The second-order valence-electron chi connectivity index (χ2n) is 16.8. The van der Waals surface area contributed by atoms with Crippen LogP contribution in [-0.2, 0) is 27.9 Å². The SMILES string of the molecule is CCCCCCC/C=C\C/C=C\CCCCCCCCCCCCCCCC(=O)OC(COCCCCCCCCCC)COP(=O)([O-])OCC[N+](C)(C)C. The van der Waals surface area contributed by atoms with Crippen molar-refractivity contribution in [3.05, 3.63) is 24.3 Å². The van der Waals surface area contributed by atoms with Gasteiger partial charge in [-0.3, -0.25) is 9.36 Å². The molecular formula is C46H90NO7P. The van der Waals surface area contributed by atoms with Crippen molar-refractivity contribution in [3.8, 4) is 0 Å². The summed E-state index contributed by atoms with van der Waals surface area (Å²) in [7, 11) is 1.36. The van der Waals surface area contributed by atoms with Crippen molar-refractivity contribution in [2.45, 2.75) is 213 Å². The van der Waals surface area contributed by atoms with Crippen molar-refractivity contribution in [1.82, 2.24) is 0 Å². The largest absolute Gasteiger partial charge is 0.756 e. The summed E-state index contributed by atoms with van der Waals surface area (Å²) >= 11 is 0. The van der Waals surface area contributed by atoms with Gasteiger partial charge in [-0.05, 0) is 44.9 Å². The van der Waals surface area contributed by atoms with E-state index in [1.165, 1.54) is 148 Å². The molecule has 0 aromatic carbocycles. The third-order valence-electron chi connectivity index (χ3n) is 10.0. The Morgan fingerprint density at radius 2 is 1.00 bits per heavy atom. The van der Waals surface area contributed by atoms with Gasteiger partial charge < -0.3 is 27.9 Å². The lowest BCUT2D eigenvalue weighted by Crippen LogP contribution is -2.37. The van der Waals surface area contributed by atoms with E-state index in [0.717, 1.165) is 38.5 Å². The monoisotopic (exact) mass is 800 g/mol. The van der Waals surface area contributed by atoms with Crippen LogP contribution in [0.15, 0.2) is 24.3 Å². The normalized spacial score (nSPS) is 13.9. The standard InChI is InChI=1S/C46H90NO7P/c1-6-8-10-12-14-16-17-18-19-20-21-22-23-24-25-26-27-28-29-30-31-32-33-35-37-39-46(48)54-45(43-51-41-38-36-34-15-13-11-9-7-2)44-53-55(49,50)52-42-40-47(3,4)5/h17-18,20-21,45H,6-16,19,22-44H2,1-5H3/b18-17-,21-20-. The first kappa shape index (κ1) is 54.0. The van der Waals surface area contributed by atoms with E-state index in [-0.39, 0.29) is 25.8 Å². The van der Waals surface area contributed by atoms with Crippen LogP contribution in [0, 0.1) is 0 Å². The van der Waals surface area contributed by atoms with Crippen LogP contribution >= 0.6 is 7.82 Å². The van der Waals surface area contributed by atoms with E-state index < -0.39 is 13.9 Å². The number of likely N-dealkylation sites (N-methyl/N-ethyl adjacent to an activating group) is 1. The van der Waals surface area contributed by atoms with Crippen molar-refractivity contribution in [2.75, 3.05) is 54.1 Å². The molecule has 8 nitrogen and oxygen atoms in total. The van der Waals surface area contributed by atoms with Gasteiger partial charge in [0.15, 0.2) is 0 Å². The van der Waals surface area contributed by atoms with Crippen LogP contribution in [0.2, 0.25) is 0 Å². The first-order chi connectivity index (χ1) is 26.6. The molecular weight excluding hydrogens is 709 g/mol. The number of nitrogens with zero attached hydrogens (tertiary/aromatic N) is 1. The topological polar surface area (TPSA) is 94.1 Å². The quantitative estimate of drug-likeness (QED) is 0.0199. The highest BCUT2D eigenvalue weighted by molar-refractivity contribution is 7.45. The number of allylic oxidation sites excluding steroid dienone is 4. The van der Waals surface area contributed by atoms with Gasteiger partial charge in [0.1, 0.15) is 19.3 Å². The van der Waals surface area contributed by atoms with E-state index in [9.17, 15) is 14.3 Å². The van der Waals surface area contributed by atoms with Crippen molar-refractivity contribution < 1.29 is 37.3 Å². The van der Waals surface area contributed by atoms with Crippen LogP contribution in [0.25, 0.3) is 0 Å². The van der Waals surface area contributed by atoms with Gasteiger partial charge in [-0.25, -0.2) is 0 Å². The van der Waals surface area contributed by atoms with Crippen LogP contribution in [0.1, 0.15) is 206 Å². The van der Waals surface area contributed by atoms with Crippen molar-refractivity contribution in [1.29, 1.82) is 0 Å². The molecule has 2 atom stereocenters. The minimum atomic E-state index is -4.51. The smallest absolute Gasteiger partial charge is 0.306 e. The fourth-order valence-electron chi connectivity index (χ4n) is 6.40. The van der Waals surface area contributed by atoms with Crippen molar-refractivity contribution >= 4 is 13.8 Å². The summed E-state index contributed by atoms with van der Waals surface area (Å²) in [6, 6.07) is 0. The average molecular weight is 800 g/mol. The van der Waals surface area contributed by atoms with Crippen LogP contribution < -0.4 is 4.89 Å². The molecule has 0 bridgehead atoms. The number of hydrogen-bond acceptors (Lipinski definition) is 7. The Hall–Kier alpha value is -1.02. The van der Waals surface area contributed by atoms with E-state index in [2.05, 4.69) is 38.2 Å². The molecule has 326 valence electrons. The number of quaternary nitrogens is 1. The molecule has 0 saturated carbocycles. The summed E-state index contributed by atoms with van der Waals surface area (Å²) in [5, 5.41) is 0. The summed E-state index contributed by atoms with van der Waals surface area (Å²) in [5.74, 6) is -0.334. The second-order valence-corrected chi connectivity index (χ2v) is 18.2. The number of carbonyl (C=O) groups excluding carboxylic acids is 1. The van der Waals surface area contributed by atoms with E-state index in [0.29, 0.717) is 24.1 Å². The fraction of sp³-hybridized carbons (Fsp3) is 0.891. The summed E-state index contributed by atoms with van der Waals surface area (Å²) in [4.78, 5) is 25.0. The Labute approximate surface area is 341 Å². The van der Waals surface area contributed by atoms with Crippen molar-refractivity contribution in [3.63, 3.8) is 0 Å². The van der Waals surface area contributed by atoms with E-state index >= 15 is 0 Å². The molecule has 0 amide bonds. The number of rotatable bonds is 43. The predicted octanol–water partition coefficient (Wildman–Crippen LogP) is 13.0. The second kappa shape index (κ2) is 39.8. The third-order valence-corrected chi connectivity index (χ3v) is 11.0. The number of unbranched alkanes of at least 4 members (excludes halogenated alkanes) is 25. The van der Waals surface area contributed by atoms with Gasteiger partial charge in [-0.1, -0.05) is 179 Å². The molecule has 0 aliphatic carbocycles. The zero-order valence-corrected chi connectivity index (χ0v) is 37.8. The van der Waals surface area contributed by atoms with Crippen LogP contribution in [-0.4, -0.2) is 70.7 Å². The molecule has 55 heavy (non-hydrogen) atoms. The van der Waals surface area contributed by atoms with E-state index in [4.69, 9.17) is 18.5 Å². The zero-order chi connectivity index (χ0) is 40.6. The van der Waals surface area contributed by atoms with Crippen LogP contribution in [0.5, 0.6) is 0 Å². The zero-order valence-electron chi connectivity index (χ0n) is 36.9. The molecule has 0 aromatic rings. The van der Waals surface area contributed by atoms with Gasteiger partial charge >= 0.3 is 5.97 Å². The summed E-state index contributed by atoms with van der Waals surface area (Å²) in [6.45, 7) is 5.40. The number of phosphoric ester groups is 1. The predicted molar refractivity (Wildman–Crippen MR) is 231 cm³/mol. The highest BCUT2D eigenvalue weighted by atomic mass is 31.2. The Bertz CT molecular complexity index is 936. The van der Waals surface area contributed by atoms with Gasteiger partial charge in [0.25, 0.3) is 7.82 Å². The van der Waals surface area contributed by atoms with Gasteiger partial charge in [-0.2, -0.15) is 0 Å². The fourth-order valence-corrected chi connectivity index (χ4v) is 7.13. The summed E-state index contributed by atoms with van der Waals surface area (Å²) < 4.78 is 34.5. The molecule has 0 aliphatic heterocycles. The lowest BCUT2D eigenvalue weighted by molar-refractivity contribution is -0.870. The first-order valence-electron chi connectivity index (χ1n) is 23.1. The number of esters is 1. The molecule has 2 unspecified atom stereocenters. The van der Waals surface area contributed by atoms with E-state index in [1.54, 1.807) is 0 Å². The number of hydrogen-bond donors (Lipinski definition) is 0. The molecule has 0 N–H and O–H groups in total. The number of phosphoric acid groups is 1. The summed E-state index contributed by atoms with van der Waals surface area (Å²) in [6.07, 6.45) is 44.9. The molecule has 0 saturated heterocycles. The van der Waals surface area contributed by atoms with Crippen LogP contribution in [0.4, 0.5) is 0 Å². The molecule has 9 heteroatoms. The Balaban J connectivity index is 4.00. The average Bonchev–Trinajstić information content (AvgIpc) is 3.13. The van der Waals surface area contributed by atoms with Gasteiger partial charge in [-0.15, -0.1) is 0 Å². The van der Waals surface area contributed by atoms with Gasteiger partial charge in [0.05, 0.1) is 34.4 Å². The summed E-state index contributed by atoms with van der Waals surface area (Å²) in [5.41, 5.74) is 0. The Morgan fingerprint density at radius 1 is 0.564 bits per heavy atom. The highest BCUT2D eigenvalue weighted by Gasteiger charge is 2.20. The lowest BCUT2D eigenvalue weighted by Gasteiger charge is -2.28. The Kier molecular flexibility index (Phi) is 39.1.